The van der Waals surface area contributed by atoms with Crippen molar-refractivity contribution >= 4 is 11.6 Å². The first kappa shape index (κ1) is 12.9. The summed E-state index contributed by atoms with van der Waals surface area (Å²) in [5, 5.41) is 3.94. The predicted molar refractivity (Wildman–Crippen MR) is 68.9 cm³/mol. The minimum atomic E-state index is 0.325. The molecule has 0 aliphatic carbocycles. The second kappa shape index (κ2) is 6.42. The van der Waals surface area contributed by atoms with Gasteiger partial charge in [-0.2, -0.15) is 0 Å². The zero-order chi connectivity index (χ0) is 12.8. The number of hydrogen-bond donors (Lipinski definition) is 0. The molecule has 0 saturated carbocycles. The molecule has 4 nitrogen and oxygen atoms in total. The fourth-order valence-electron chi connectivity index (χ4n) is 1.48. The minimum absolute atomic E-state index is 0.325. The maximum absolute atomic E-state index is 5.66. The highest BCUT2D eigenvalue weighted by molar-refractivity contribution is 6.16. The highest BCUT2D eigenvalue weighted by atomic mass is 35.5. The predicted octanol–water partition coefficient (Wildman–Crippen LogP) is 3.11. The lowest BCUT2D eigenvalue weighted by Gasteiger charge is -2.05. The molecular weight excluding hydrogens is 254 g/mol. The maximum atomic E-state index is 5.66. The summed E-state index contributed by atoms with van der Waals surface area (Å²) >= 11 is 5.66. The molecule has 0 N–H and O–H groups in total. The molecule has 0 unspecified atom stereocenters. The van der Waals surface area contributed by atoms with Crippen LogP contribution in [0, 0.1) is 0 Å². The number of methoxy groups -OCH3 is 1. The van der Waals surface area contributed by atoms with Crippen molar-refractivity contribution in [3.8, 4) is 17.0 Å². The van der Waals surface area contributed by atoms with Crippen molar-refractivity contribution in [2.24, 2.45) is 0 Å². The summed E-state index contributed by atoms with van der Waals surface area (Å²) in [4.78, 5) is 0. The molecule has 5 heteroatoms. The van der Waals surface area contributed by atoms with Gasteiger partial charge in [-0.25, -0.2) is 0 Å². The highest BCUT2D eigenvalue weighted by Crippen LogP contribution is 2.22. The molecule has 0 fully saturated rings. The lowest BCUT2D eigenvalue weighted by molar-refractivity contribution is 0.146. The first-order chi connectivity index (χ1) is 8.83. The van der Waals surface area contributed by atoms with E-state index in [1.807, 2.05) is 30.3 Å². The second-order valence-electron chi connectivity index (χ2n) is 3.68. The topological polar surface area (TPSA) is 44.5 Å². The van der Waals surface area contributed by atoms with Gasteiger partial charge in [-0.15, -0.1) is 11.6 Å². The molecule has 2 aromatic rings. The third-order valence-electron chi connectivity index (χ3n) is 2.40. The van der Waals surface area contributed by atoms with E-state index in [4.69, 9.17) is 25.6 Å². The maximum Gasteiger partial charge on any atom is 0.152 e. The van der Waals surface area contributed by atoms with E-state index in [1.165, 1.54) is 0 Å². The molecule has 18 heavy (non-hydrogen) atoms. The summed E-state index contributed by atoms with van der Waals surface area (Å²) in [6, 6.07) is 9.46. The summed E-state index contributed by atoms with van der Waals surface area (Å²) in [5.74, 6) is 1.79. The largest absolute Gasteiger partial charge is 0.491 e. The summed E-state index contributed by atoms with van der Waals surface area (Å²) in [5.41, 5.74) is 1.74. The zero-order valence-corrected chi connectivity index (χ0v) is 10.8. The summed E-state index contributed by atoms with van der Waals surface area (Å²) in [6.45, 7) is 1.11. The van der Waals surface area contributed by atoms with Gasteiger partial charge in [0.2, 0.25) is 0 Å². The van der Waals surface area contributed by atoms with Crippen LogP contribution in [0.2, 0.25) is 0 Å². The van der Waals surface area contributed by atoms with Gasteiger partial charge in [0.1, 0.15) is 18.1 Å². The molecule has 0 spiro atoms. The van der Waals surface area contributed by atoms with Crippen LogP contribution in [0.3, 0.4) is 0 Å². The third-order valence-corrected chi connectivity index (χ3v) is 2.66. The number of rotatable bonds is 6. The minimum Gasteiger partial charge on any atom is -0.491 e. The van der Waals surface area contributed by atoms with Gasteiger partial charge in [-0.05, 0) is 24.3 Å². The Labute approximate surface area is 110 Å². The van der Waals surface area contributed by atoms with E-state index < -0.39 is 0 Å². The van der Waals surface area contributed by atoms with Crippen LogP contribution < -0.4 is 4.74 Å². The van der Waals surface area contributed by atoms with Gasteiger partial charge in [0.05, 0.1) is 12.5 Å². The smallest absolute Gasteiger partial charge is 0.152 e. The number of alkyl halides is 1. The Morgan fingerprint density at radius 2 is 2.00 bits per heavy atom. The van der Waals surface area contributed by atoms with Gasteiger partial charge < -0.3 is 14.0 Å². The lowest BCUT2D eigenvalue weighted by Crippen LogP contribution is -2.03. The third kappa shape index (κ3) is 3.24. The first-order valence-electron chi connectivity index (χ1n) is 5.57. The molecular formula is C13H14ClNO3. The molecule has 2 rings (SSSR count). The van der Waals surface area contributed by atoms with E-state index in [9.17, 15) is 0 Å². The normalized spacial score (nSPS) is 10.6. The van der Waals surface area contributed by atoms with Crippen LogP contribution in [0.15, 0.2) is 34.9 Å². The number of hydrogen-bond acceptors (Lipinski definition) is 4. The Kier molecular flexibility index (Phi) is 4.61. The molecule has 1 heterocycles. The molecule has 0 bridgehead atoms. The number of halogens is 1. The number of benzene rings is 1. The van der Waals surface area contributed by atoms with Crippen LogP contribution >= 0.6 is 11.6 Å². The molecule has 96 valence electrons. The summed E-state index contributed by atoms with van der Waals surface area (Å²) in [6.07, 6.45) is 0. The van der Waals surface area contributed by atoms with Crippen molar-refractivity contribution in [3.05, 3.63) is 36.1 Å². The standard InChI is InChI=1S/C13H14ClNO3/c1-16-6-7-17-11-4-2-10(3-5-11)13-8-12(9-14)18-15-13/h2-5,8H,6-7,9H2,1H3. The second-order valence-corrected chi connectivity index (χ2v) is 3.94. The first-order valence-corrected chi connectivity index (χ1v) is 6.10. The van der Waals surface area contributed by atoms with Crippen LogP contribution in [0.4, 0.5) is 0 Å². The molecule has 0 amide bonds. The Bertz CT molecular complexity index is 481. The molecule has 0 radical (unpaired) electrons. The van der Waals surface area contributed by atoms with Gasteiger partial charge in [-0.3, -0.25) is 0 Å². The average molecular weight is 268 g/mol. The monoisotopic (exact) mass is 267 g/mol. The van der Waals surface area contributed by atoms with Crippen LogP contribution in [0.25, 0.3) is 11.3 Å². The van der Waals surface area contributed by atoms with Crippen LogP contribution in [-0.4, -0.2) is 25.5 Å². The number of ether oxygens (including phenoxy) is 2. The van der Waals surface area contributed by atoms with Crippen molar-refractivity contribution in [2.75, 3.05) is 20.3 Å². The summed E-state index contributed by atoms with van der Waals surface area (Å²) in [7, 11) is 1.64. The van der Waals surface area contributed by atoms with Crippen molar-refractivity contribution in [1.29, 1.82) is 0 Å². The van der Waals surface area contributed by atoms with Gasteiger partial charge >= 0.3 is 0 Å². The fraction of sp³-hybridized carbons (Fsp3) is 0.308. The molecule has 0 aliphatic rings. The highest BCUT2D eigenvalue weighted by Gasteiger charge is 2.05. The van der Waals surface area contributed by atoms with Crippen molar-refractivity contribution in [2.45, 2.75) is 5.88 Å². The van der Waals surface area contributed by atoms with Crippen molar-refractivity contribution in [3.63, 3.8) is 0 Å². The molecule has 0 atom stereocenters. The lowest BCUT2D eigenvalue weighted by atomic mass is 10.1. The number of aromatic nitrogens is 1. The van der Waals surface area contributed by atoms with Crippen LogP contribution in [-0.2, 0) is 10.6 Å². The Hall–Kier alpha value is -1.52. The van der Waals surface area contributed by atoms with Crippen molar-refractivity contribution in [1.82, 2.24) is 5.16 Å². The van der Waals surface area contributed by atoms with E-state index in [0.29, 0.717) is 24.9 Å². The van der Waals surface area contributed by atoms with Gasteiger partial charge in [0.25, 0.3) is 0 Å². The average Bonchev–Trinajstić information content (AvgIpc) is 2.89. The molecule has 0 aliphatic heterocycles. The van der Waals surface area contributed by atoms with Crippen LogP contribution in [0.1, 0.15) is 5.76 Å². The van der Waals surface area contributed by atoms with Gasteiger partial charge in [-0.1, -0.05) is 5.16 Å². The van der Waals surface area contributed by atoms with E-state index in [-0.39, 0.29) is 0 Å². The summed E-state index contributed by atoms with van der Waals surface area (Å²) < 4.78 is 15.4. The van der Waals surface area contributed by atoms with E-state index in [0.717, 1.165) is 17.0 Å². The van der Waals surface area contributed by atoms with Crippen LogP contribution in [0.5, 0.6) is 5.75 Å². The van der Waals surface area contributed by atoms with E-state index in [2.05, 4.69) is 5.16 Å². The Morgan fingerprint density at radius 3 is 2.61 bits per heavy atom. The quantitative estimate of drug-likeness (QED) is 0.596. The Balaban J connectivity index is 2.02. The molecule has 1 aromatic heterocycles. The Morgan fingerprint density at radius 1 is 1.22 bits per heavy atom. The van der Waals surface area contributed by atoms with Gasteiger partial charge in [0.15, 0.2) is 5.76 Å². The van der Waals surface area contributed by atoms with Crippen molar-refractivity contribution < 1.29 is 14.0 Å². The van der Waals surface area contributed by atoms with E-state index >= 15 is 0 Å². The van der Waals surface area contributed by atoms with Gasteiger partial charge in [0, 0.05) is 18.7 Å². The molecule has 0 saturated heterocycles. The fourth-order valence-corrected chi connectivity index (χ4v) is 1.60. The molecule has 1 aromatic carbocycles. The number of nitrogens with zero attached hydrogens (tertiary/aromatic N) is 1. The zero-order valence-electron chi connectivity index (χ0n) is 10.1. The van der Waals surface area contributed by atoms with E-state index in [1.54, 1.807) is 7.11 Å². The SMILES string of the molecule is COCCOc1ccc(-c2cc(CCl)on2)cc1.